The van der Waals surface area contributed by atoms with Crippen molar-refractivity contribution < 1.29 is 19.8 Å². The fraction of sp³-hybridized carbons (Fsp3) is 0.929. The molecule has 2 saturated heterocycles. The Morgan fingerprint density at radius 2 is 1.03 bits per heavy atom. The highest BCUT2D eigenvalue weighted by Crippen LogP contribution is 2.43. The Morgan fingerprint density at radius 1 is 0.676 bits per heavy atom. The molecule has 2 fully saturated rings. The van der Waals surface area contributed by atoms with E-state index in [1.54, 1.807) is 0 Å². The van der Waals surface area contributed by atoms with Gasteiger partial charge in [-0.3, -0.25) is 19.4 Å². The second-order valence-corrected chi connectivity index (χ2v) is 13.6. The number of aliphatic carboxylic acids is 2. The second kappa shape index (κ2) is 10.5. The molecule has 198 valence electrons. The summed E-state index contributed by atoms with van der Waals surface area (Å²) in [5.74, 6) is -1.62. The number of carboxylic acid groups (broad SMARTS) is 2. The SMILES string of the molecule is CC1(C)CCCC(C)(C)N1CCC(CCCC(=O)O)(CCN1C(C)(C)CCCC1(C)C)C(=O)O. The lowest BCUT2D eigenvalue weighted by Crippen LogP contribution is -2.60. The topological polar surface area (TPSA) is 81.1 Å². The number of hydrogen-bond acceptors (Lipinski definition) is 4. The molecule has 6 heteroatoms. The van der Waals surface area contributed by atoms with E-state index in [1.165, 1.54) is 12.8 Å². The van der Waals surface area contributed by atoms with Gasteiger partial charge in [0.25, 0.3) is 0 Å². The third-order valence-corrected chi connectivity index (χ3v) is 9.20. The third kappa shape index (κ3) is 6.75. The van der Waals surface area contributed by atoms with Crippen LogP contribution in [-0.2, 0) is 9.59 Å². The standard InChI is InChI=1S/C28H52N2O4/c1-24(2)13-10-14-25(3,4)29(24)20-18-28(23(33)34,17-9-12-22(31)32)19-21-30-26(5,6)15-11-16-27(30,7)8/h9-21H2,1-8H3,(H,31,32)(H,33,34). The van der Waals surface area contributed by atoms with Crippen molar-refractivity contribution in [2.45, 2.75) is 148 Å². The summed E-state index contributed by atoms with van der Waals surface area (Å²) in [6.45, 7) is 19.7. The first-order valence-electron chi connectivity index (χ1n) is 13.5. The van der Waals surface area contributed by atoms with Gasteiger partial charge in [-0.15, -0.1) is 0 Å². The molecule has 0 amide bonds. The molecular formula is C28H52N2O4. The summed E-state index contributed by atoms with van der Waals surface area (Å²) >= 11 is 0. The van der Waals surface area contributed by atoms with Crippen molar-refractivity contribution >= 4 is 11.9 Å². The number of rotatable bonds is 11. The Bertz CT molecular complexity index is 652. The molecule has 0 aromatic rings. The van der Waals surface area contributed by atoms with E-state index >= 15 is 0 Å². The first-order valence-corrected chi connectivity index (χ1v) is 13.5. The summed E-state index contributed by atoms with van der Waals surface area (Å²) in [5.41, 5.74) is -0.787. The van der Waals surface area contributed by atoms with E-state index in [4.69, 9.17) is 0 Å². The quantitative estimate of drug-likeness (QED) is 0.367. The minimum absolute atomic E-state index is 0.0242. The van der Waals surface area contributed by atoms with E-state index in [0.29, 0.717) is 25.7 Å². The zero-order valence-corrected chi connectivity index (χ0v) is 23.3. The highest BCUT2D eigenvalue weighted by molar-refractivity contribution is 5.75. The molecule has 6 nitrogen and oxygen atoms in total. The van der Waals surface area contributed by atoms with Crippen molar-refractivity contribution in [3.05, 3.63) is 0 Å². The number of carbonyl (C=O) groups is 2. The average Bonchev–Trinajstić information content (AvgIpc) is 2.64. The fourth-order valence-corrected chi connectivity index (χ4v) is 7.22. The molecule has 0 aromatic carbocycles. The van der Waals surface area contributed by atoms with Crippen molar-refractivity contribution in [1.82, 2.24) is 9.80 Å². The van der Waals surface area contributed by atoms with Gasteiger partial charge in [0, 0.05) is 41.7 Å². The average molecular weight is 481 g/mol. The van der Waals surface area contributed by atoms with E-state index < -0.39 is 17.4 Å². The largest absolute Gasteiger partial charge is 0.481 e. The van der Waals surface area contributed by atoms with Crippen LogP contribution in [0.15, 0.2) is 0 Å². The van der Waals surface area contributed by atoms with Gasteiger partial charge < -0.3 is 10.2 Å². The van der Waals surface area contributed by atoms with Crippen molar-refractivity contribution in [1.29, 1.82) is 0 Å². The van der Waals surface area contributed by atoms with Gasteiger partial charge in [0.2, 0.25) is 0 Å². The van der Waals surface area contributed by atoms with Gasteiger partial charge in [-0.25, -0.2) is 0 Å². The van der Waals surface area contributed by atoms with Crippen LogP contribution >= 0.6 is 0 Å². The predicted molar refractivity (Wildman–Crippen MR) is 138 cm³/mol. The third-order valence-electron chi connectivity index (χ3n) is 9.20. The van der Waals surface area contributed by atoms with Crippen LogP contribution in [0, 0.1) is 5.41 Å². The summed E-state index contributed by atoms with van der Waals surface area (Å²) in [5, 5.41) is 19.8. The molecule has 2 aliphatic rings. The van der Waals surface area contributed by atoms with Crippen LogP contribution in [0.1, 0.15) is 126 Å². The Labute approximate surface area is 208 Å². The zero-order chi connectivity index (χ0) is 26.0. The highest BCUT2D eigenvalue weighted by atomic mass is 16.4. The molecule has 2 heterocycles. The second-order valence-electron chi connectivity index (χ2n) is 13.6. The number of nitrogens with zero attached hydrogens (tertiary/aromatic N) is 2. The summed E-state index contributed by atoms with van der Waals surface area (Å²) < 4.78 is 0. The lowest BCUT2D eigenvalue weighted by atomic mass is 9.73. The Kier molecular flexibility index (Phi) is 8.95. The first kappa shape index (κ1) is 29.1. The normalized spacial score (nSPS) is 24.6. The van der Waals surface area contributed by atoms with E-state index in [2.05, 4.69) is 65.2 Å². The lowest BCUT2D eigenvalue weighted by Gasteiger charge is -2.55. The van der Waals surface area contributed by atoms with Gasteiger partial charge in [-0.05, 0) is 120 Å². The van der Waals surface area contributed by atoms with Crippen molar-refractivity contribution in [3.63, 3.8) is 0 Å². The number of likely N-dealkylation sites (tertiary alicyclic amines) is 2. The number of piperidine rings is 2. The van der Waals surface area contributed by atoms with Gasteiger partial charge in [0.1, 0.15) is 0 Å². The monoisotopic (exact) mass is 480 g/mol. The highest BCUT2D eigenvalue weighted by Gasteiger charge is 2.47. The van der Waals surface area contributed by atoms with E-state index in [0.717, 1.165) is 38.8 Å². The molecule has 0 spiro atoms. The van der Waals surface area contributed by atoms with Gasteiger partial charge in [0.05, 0.1) is 5.41 Å². The Balaban J connectivity index is 2.29. The molecule has 0 bridgehead atoms. The molecule has 0 unspecified atom stereocenters. The van der Waals surface area contributed by atoms with E-state index in [9.17, 15) is 19.8 Å². The zero-order valence-electron chi connectivity index (χ0n) is 23.3. The van der Waals surface area contributed by atoms with Gasteiger partial charge in [-0.1, -0.05) is 0 Å². The van der Waals surface area contributed by atoms with Crippen molar-refractivity contribution in [2.24, 2.45) is 5.41 Å². The molecule has 2 rings (SSSR count). The molecule has 0 aromatic heterocycles. The van der Waals surface area contributed by atoms with Crippen LogP contribution in [0.2, 0.25) is 0 Å². The van der Waals surface area contributed by atoms with E-state index in [-0.39, 0.29) is 28.6 Å². The maximum absolute atomic E-state index is 12.9. The summed E-state index contributed by atoms with van der Waals surface area (Å²) in [4.78, 5) is 29.2. The predicted octanol–water partition coefficient (Wildman–Crippen LogP) is 6.18. The molecule has 0 radical (unpaired) electrons. The smallest absolute Gasteiger partial charge is 0.309 e. The molecule has 0 atom stereocenters. The van der Waals surface area contributed by atoms with Crippen LogP contribution in [0.25, 0.3) is 0 Å². The van der Waals surface area contributed by atoms with Gasteiger partial charge in [-0.2, -0.15) is 0 Å². The Hall–Kier alpha value is -1.14. The van der Waals surface area contributed by atoms with Gasteiger partial charge in [0.15, 0.2) is 0 Å². The molecule has 0 saturated carbocycles. The molecule has 2 N–H and O–H groups in total. The van der Waals surface area contributed by atoms with Gasteiger partial charge >= 0.3 is 11.9 Å². The van der Waals surface area contributed by atoms with Crippen molar-refractivity contribution in [3.8, 4) is 0 Å². The van der Waals surface area contributed by atoms with E-state index in [1.807, 2.05) is 0 Å². The maximum Gasteiger partial charge on any atom is 0.309 e. The molecule has 2 aliphatic heterocycles. The fourth-order valence-electron chi connectivity index (χ4n) is 7.22. The Morgan fingerprint density at radius 3 is 1.32 bits per heavy atom. The van der Waals surface area contributed by atoms with Crippen LogP contribution in [0.3, 0.4) is 0 Å². The first-order chi connectivity index (χ1) is 15.5. The van der Waals surface area contributed by atoms with Crippen LogP contribution in [-0.4, -0.2) is 67.2 Å². The van der Waals surface area contributed by atoms with Crippen LogP contribution in [0.5, 0.6) is 0 Å². The summed E-state index contributed by atoms with van der Waals surface area (Å²) in [6.07, 6.45) is 8.81. The minimum atomic E-state index is -0.914. The number of carboxylic acids is 2. The molecule has 34 heavy (non-hydrogen) atoms. The minimum Gasteiger partial charge on any atom is -0.481 e. The number of hydrogen-bond donors (Lipinski definition) is 2. The molecule has 0 aliphatic carbocycles. The summed E-state index contributed by atoms with van der Waals surface area (Å²) in [7, 11) is 0. The van der Waals surface area contributed by atoms with Crippen LogP contribution in [0.4, 0.5) is 0 Å². The maximum atomic E-state index is 12.9. The lowest BCUT2D eigenvalue weighted by molar-refractivity contribution is -0.154. The summed E-state index contributed by atoms with van der Waals surface area (Å²) in [6, 6.07) is 0. The van der Waals surface area contributed by atoms with Crippen LogP contribution < -0.4 is 0 Å². The molecular weight excluding hydrogens is 428 g/mol. The van der Waals surface area contributed by atoms with Crippen molar-refractivity contribution in [2.75, 3.05) is 13.1 Å².